The van der Waals surface area contributed by atoms with E-state index in [1.54, 1.807) is 6.07 Å². The van der Waals surface area contributed by atoms with Crippen molar-refractivity contribution in [1.29, 1.82) is 0 Å². The second-order valence-electron chi connectivity index (χ2n) is 8.11. The van der Waals surface area contributed by atoms with Gasteiger partial charge in [0.1, 0.15) is 11.9 Å². The Morgan fingerprint density at radius 3 is 2.81 bits per heavy atom. The highest BCUT2D eigenvalue weighted by molar-refractivity contribution is 6.04. The lowest BCUT2D eigenvalue weighted by molar-refractivity contribution is 0.0656. The van der Waals surface area contributed by atoms with Crippen molar-refractivity contribution in [2.45, 2.75) is 52.2 Å². The summed E-state index contributed by atoms with van der Waals surface area (Å²) < 4.78 is 5.53. The lowest BCUT2D eigenvalue weighted by Crippen LogP contribution is -2.55. The van der Waals surface area contributed by atoms with Gasteiger partial charge >= 0.3 is 0 Å². The summed E-state index contributed by atoms with van der Waals surface area (Å²) in [6, 6.07) is 13.2. The topological polar surface area (TPSA) is 61.9 Å². The maximum Gasteiger partial charge on any atom is 0.257 e. The first-order valence-corrected chi connectivity index (χ1v) is 11.3. The van der Waals surface area contributed by atoms with E-state index in [1.165, 1.54) is 0 Å². The number of nitrogens with zero attached hydrogens (tertiary/aromatic N) is 2. The van der Waals surface area contributed by atoms with Crippen LogP contribution < -0.4 is 15.0 Å². The lowest BCUT2D eigenvalue weighted by atomic mass is 10.0. The molecule has 0 aliphatic carbocycles. The molecule has 6 heteroatoms. The molecule has 1 N–H and O–H groups in total. The maximum absolute atomic E-state index is 13.1. The summed E-state index contributed by atoms with van der Waals surface area (Å²) in [4.78, 5) is 30.3. The minimum Gasteiger partial charge on any atom is -0.494 e. The van der Waals surface area contributed by atoms with Gasteiger partial charge in [0.15, 0.2) is 0 Å². The highest BCUT2D eigenvalue weighted by Gasteiger charge is 2.37. The normalized spacial score (nSPS) is 18.1. The van der Waals surface area contributed by atoms with Crippen molar-refractivity contribution in [2.75, 3.05) is 24.6 Å². The Morgan fingerprint density at radius 2 is 2.00 bits per heavy atom. The number of nitrogens with one attached hydrogen (secondary N) is 1. The second kappa shape index (κ2) is 9.41. The van der Waals surface area contributed by atoms with Crippen LogP contribution >= 0.6 is 0 Å². The van der Waals surface area contributed by atoms with Gasteiger partial charge in [0.05, 0.1) is 17.9 Å². The number of ether oxygens (including phenoxy) is 1. The van der Waals surface area contributed by atoms with Crippen molar-refractivity contribution in [3.8, 4) is 5.75 Å². The van der Waals surface area contributed by atoms with E-state index in [0.29, 0.717) is 24.3 Å². The van der Waals surface area contributed by atoms with Crippen molar-refractivity contribution >= 4 is 17.5 Å². The Morgan fingerprint density at radius 1 is 1.13 bits per heavy atom. The zero-order valence-corrected chi connectivity index (χ0v) is 18.4. The third kappa shape index (κ3) is 4.38. The van der Waals surface area contributed by atoms with E-state index in [9.17, 15) is 9.59 Å². The molecule has 0 bridgehead atoms. The summed E-state index contributed by atoms with van der Waals surface area (Å²) in [6.07, 6.45) is 4.41. The van der Waals surface area contributed by atoms with Gasteiger partial charge in [-0.2, -0.15) is 0 Å². The predicted molar refractivity (Wildman–Crippen MR) is 122 cm³/mol. The average Bonchev–Trinajstić information content (AvgIpc) is 3.04. The first kappa shape index (κ1) is 21.2. The Labute approximate surface area is 184 Å². The first-order chi connectivity index (χ1) is 15.1. The molecule has 2 amide bonds. The monoisotopic (exact) mass is 421 g/mol. The molecule has 2 aliphatic heterocycles. The number of anilines is 1. The molecule has 1 saturated heterocycles. The number of carbonyl (C=O) groups is 2. The van der Waals surface area contributed by atoms with Crippen LogP contribution in [0.15, 0.2) is 42.5 Å². The summed E-state index contributed by atoms with van der Waals surface area (Å²) in [5.41, 5.74) is 3.13. The fraction of sp³-hybridized carbons (Fsp3) is 0.440. The second-order valence-corrected chi connectivity index (χ2v) is 8.11. The number of benzene rings is 2. The van der Waals surface area contributed by atoms with Gasteiger partial charge in [0, 0.05) is 25.2 Å². The lowest BCUT2D eigenvalue weighted by Gasteiger charge is -2.44. The van der Waals surface area contributed by atoms with E-state index in [4.69, 9.17) is 4.74 Å². The van der Waals surface area contributed by atoms with Crippen LogP contribution in [0.3, 0.4) is 0 Å². The third-order valence-corrected chi connectivity index (χ3v) is 6.14. The van der Waals surface area contributed by atoms with E-state index in [1.807, 2.05) is 48.2 Å². The van der Waals surface area contributed by atoms with Crippen molar-refractivity contribution < 1.29 is 14.3 Å². The summed E-state index contributed by atoms with van der Waals surface area (Å²) in [6.45, 7) is 6.70. The number of amides is 2. The molecular weight excluding hydrogens is 390 g/mol. The summed E-state index contributed by atoms with van der Waals surface area (Å²) in [5, 5.41) is 2.99. The summed E-state index contributed by atoms with van der Waals surface area (Å²) in [7, 11) is 0. The maximum atomic E-state index is 13.1. The number of hydrogen-bond donors (Lipinski definition) is 1. The molecule has 164 valence electrons. The standard InChI is InChI=1S/C25H31N3O3/c1-3-27-22-16-19(24(29)26-17-18-9-8-10-20(15-18)31-4-2)12-13-21(22)25(30)28-14-7-5-6-11-23(27)28/h8-10,12-13,15-16,23H,3-7,11,14,17H2,1-2H3,(H,26,29)/t23-/m0/s1. The number of hydrogen-bond acceptors (Lipinski definition) is 4. The van der Waals surface area contributed by atoms with Crippen molar-refractivity contribution in [3.05, 3.63) is 59.2 Å². The summed E-state index contributed by atoms with van der Waals surface area (Å²) >= 11 is 0. The molecule has 2 aromatic rings. The number of carbonyl (C=O) groups excluding carboxylic acids is 2. The molecule has 2 aliphatic rings. The Hall–Kier alpha value is -3.02. The molecule has 31 heavy (non-hydrogen) atoms. The van der Waals surface area contributed by atoms with Crippen molar-refractivity contribution in [1.82, 2.24) is 10.2 Å². The van der Waals surface area contributed by atoms with Gasteiger partial charge in [-0.1, -0.05) is 18.6 Å². The zero-order chi connectivity index (χ0) is 21.8. The molecule has 1 atom stereocenters. The van der Waals surface area contributed by atoms with Crippen LogP contribution in [0.1, 0.15) is 65.8 Å². The predicted octanol–water partition coefficient (Wildman–Crippen LogP) is 4.20. The smallest absolute Gasteiger partial charge is 0.257 e. The Bertz CT molecular complexity index is 959. The fourth-order valence-electron chi connectivity index (χ4n) is 4.64. The third-order valence-electron chi connectivity index (χ3n) is 6.14. The Balaban J connectivity index is 1.53. The molecule has 2 aromatic carbocycles. The molecule has 0 unspecified atom stereocenters. The molecule has 4 rings (SSSR count). The van der Waals surface area contributed by atoms with Crippen LogP contribution in [0.5, 0.6) is 5.75 Å². The van der Waals surface area contributed by atoms with E-state index in [2.05, 4.69) is 17.1 Å². The van der Waals surface area contributed by atoms with E-state index >= 15 is 0 Å². The fourth-order valence-corrected chi connectivity index (χ4v) is 4.64. The van der Waals surface area contributed by atoms with Gasteiger partial charge < -0.3 is 19.9 Å². The van der Waals surface area contributed by atoms with Gasteiger partial charge in [0.2, 0.25) is 0 Å². The van der Waals surface area contributed by atoms with E-state index in [-0.39, 0.29) is 18.0 Å². The first-order valence-electron chi connectivity index (χ1n) is 11.3. The minimum atomic E-state index is -0.142. The highest BCUT2D eigenvalue weighted by Crippen LogP contribution is 2.35. The minimum absolute atomic E-state index is 0.0892. The van der Waals surface area contributed by atoms with Crippen LogP contribution in [0.2, 0.25) is 0 Å². The van der Waals surface area contributed by atoms with E-state index < -0.39 is 0 Å². The van der Waals surface area contributed by atoms with Crippen molar-refractivity contribution in [3.63, 3.8) is 0 Å². The summed E-state index contributed by atoms with van der Waals surface area (Å²) in [5.74, 6) is 0.746. The SMILES string of the molecule is CCOc1cccc(CNC(=O)c2ccc3c(c2)N(CC)[C@@H]2CCCCCN2C3=O)c1. The average molecular weight is 422 g/mol. The van der Waals surface area contributed by atoms with Crippen LogP contribution in [0, 0.1) is 0 Å². The van der Waals surface area contributed by atoms with Gasteiger partial charge in [0.25, 0.3) is 11.8 Å². The molecule has 1 fully saturated rings. The van der Waals surface area contributed by atoms with Crippen LogP contribution in [-0.4, -0.2) is 42.6 Å². The van der Waals surface area contributed by atoms with E-state index in [0.717, 1.165) is 55.8 Å². The van der Waals surface area contributed by atoms with Crippen LogP contribution in [0.25, 0.3) is 0 Å². The quantitative estimate of drug-likeness (QED) is 0.759. The largest absolute Gasteiger partial charge is 0.494 e. The molecular formula is C25H31N3O3. The zero-order valence-electron chi connectivity index (χ0n) is 18.4. The molecule has 6 nitrogen and oxygen atoms in total. The molecule has 2 heterocycles. The molecule has 0 radical (unpaired) electrons. The molecule has 0 spiro atoms. The highest BCUT2D eigenvalue weighted by atomic mass is 16.5. The molecule has 0 saturated carbocycles. The van der Waals surface area contributed by atoms with Crippen LogP contribution in [-0.2, 0) is 6.54 Å². The van der Waals surface area contributed by atoms with Gasteiger partial charge in [-0.25, -0.2) is 0 Å². The number of fused-ring (bicyclic) bond motifs is 2. The van der Waals surface area contributed by atoms with Gasteiger partial charge in [-0.3, -0.25) is 9.59 Å². The van der Waals surface area contributed by atoms with Crippen LogP contribution in [0.4, 0.5) is 5.69 Å². The number of rotatable bonds is 6. The van der Waals surface area contributed by atoms with Crippen molar-refractivity contribution in [2.24, 2.45) is 0 Å². The van der Waals surface area contributed by atoms with Gasteiger partial charge in [-0.05, 0) is 69.0 Å². The van der Waals surface area contributed by atoms with Gasteiger partial charge in [-0.15, -0.1) is 0 Å². The molecule has 0 aromatic heterocycles. The Kier molecular flexibility index (Phi) is 6.44.